The van der Waals surface area contributed by atoms with Gasteiger partial charge in [0.05, 0.1) is 5.69 Å². The van der Waals surface area contributed by atoms with Gasteiger partial charge in [-0.05, 0) is 55.7 Å². The number of benzene rings is 1. The van der Waals surface area contributed by atoms with E-state index in [1.54, 1.807) is 0 Å². The first-order valence-corrected chi connectivity index (χ1v) is 7.13. The molecule has 2 saturated carbocycles. The molecule has 100 valence electrons. The number of rotatable bonds is 4. The molecule has 2 fully saturated rings. The quantitative estimate of drug-likeness (QED) is 0.872. The van der Waals surface area contributed by atoms with Crippen LogP contribution >= 0.6 is 0 Å². The summed E-state index contributed by atoms with van der Waals surface area (Å²) in [5, 5.41) is 6.52. The van der Waals surface area contributed by atoms with Crippen LogP contribution in [0.4, 0.5) is 11.4 Å². The number of nitrogens with one attached hydrogen (secondary N) is 2. The summed E-state index contributed by atoms with van der Waals surface area (Å²) >= 11 is 0. The molecular formula is C15H18N2O2. The van der Waals surface area contributed by atoms with Crippen molar-refractivity contribution in [2.45, 2.75) is 31.7 Å². The highest BCUT2D eigenvalue weighted by atomic mass is 16.5. The van der Waals surface area contributed by atoms with Crippen LogP contribution in [0.25, 0.3) is 0 Å². The number of carbonyl (C=O) groups is 1. The van der Waals surface area contributed by atoms with Crippen LogP contribution < -0.4 is 15.4 Å². The van der Waals surface area contributed by atoms with Gasteiger partial charge in [0, 0.05) is 11.7 Å². The van der Waals surface area contributed by atoms with E-state index in [0.29, 0.717) is 6.04 Å². The number of amides is 1. The molecule has 4 heteroatoms. The first-order chi connectivity index (χ1) is 9.29. The number of fused-ring (bicyclic) bond motifs is 1. The lowest BCUT2D eigenvalue weighted by Crippen LogP contribution is -2.26. The third-order valence-electron chi connectivity index (χ3n) is 4.21. The molecule has 1 aliphatic heterocycles. The van der Waals surface area contributed by atoms with Crippen LogP contribution in [-0.4, -0.2) is 18.6 Å². The van der Waals surface area contributed by atoms with Crippen molar-refractivity contribution in [2.24, 2.45) is 11.8 Å². The number of hydrogen-bond acceptors (Lipinski definition) is 3. The highest BCUT2D eigenvalue weighted by Gasteiger charge is 2.41. The molecule has 0 spiro atoms. The number of ether oxygens (including phenoxy) is 1. The largest absolute Gasteiger partial charge is 0.482 e. The molecule has 0 aromatic heterocycles. The molecule has 4 nitrogen and oxygen atoms in total. The molecule has 0 radical (unpaired) electrons. The smallest absolute Gasteiger partial charge is 0.262 e. The summed E-state index contributed by atoms with van der Waals surface area (Å²) in [6.45, 7) is 0.118. The van der Waals surface area contributed by atoms with E-state index in [1.807, 2.05) is 18.2 Å². The van der Waals surface area contributed by atoms with E-state index in [0.717, 1.165) is 29.0 Å². The fraction of sp³-hybridized carbons (Fsp3) is 0.533. The predicted octanol–water partition coefficient (Wildman–Crippen LogP) is 2.62. The molecule has 0 atom stereocenters. The lowest BCUT2D eigenvalue weighted by Gasteiger charge is -2.22. The Morgan fingerprint density at radius 1 is 1.21 bits per heavy atom. The van der Waals surface area contributed by atoms with Gasteiger partial charge in [0.25, 0.3) is 5.91 Å². The van der Waals surface area contributed by atoms with Crippen LogP contribution in [0.1, 0.15) is 25.7 Å². The zero-order valence-electron chi connectivity index (χ0n) is 10.8. The molecular weight excluding hydrogens is 240 g/mol. The highest BCUT2D eigenvalue weighted by Crippen LogP contribution is 2.46. The fourth-order valence-electron chi connectivity index (χ4n) is 2.90. The van der Waals surface area contributed by atoms with Crippen molar-refractivity contribution in [1.82, 2.24) is 0 Å². The van der Waals surface area contributed by atoms with Gasteiger partial charge in [0.2, 0.25) is 0 Å². The molecule has 1 aromatic rings. The van der Waals surface area contributed by atoms with Crippen molar-refractivity contribution in [3.63, 3.8) is 0 Å². The van der Waals surface area contributed by atoms with Gasteiger partial charge in [-0.2, -0.15) is 0 Å². The second-order valence-electron chi connectivity index (χ2n) is 5.89. The molecule has 1 heterocycles. The Morgan fingerprint density at radius 3 is 2.63 bits per heavy atom. The van der Waals surface area contributed by atoms with Crippen molar-refractivity contribution in [3.05, 3.63) is 18.2 Å². The first-order valence-electron chi connectivity index (χ1n) is 7.13. The number of anilines is 2. The third kappa shape index (κ3) is 2.27. The Bertz CT molecular complexity index is 509. The minimum absolute atomic E-state index is 0.0782. The van der Waals surface area contributed by atoms with Crippen molar-refractivity contribution >= 4 is 17.3 Å². The Kier molecular flexibility index (Phi) is 2.43. The van der Waals surface area contributed by atoms with Crippen molar-refractivity contribution in [2.75, 3.05) is 17.2 Å². The maximum atomic E-state index is 11.3. The summed E-state index contributed by atoms with van der Waals surface area (Å²) in [5.41, 5.74) is 1.87. The summed E-state index contributed by atoms with van der Waals surface area (Å²) in [5.74, 6) is 2.40. The van der Waals surface area contributed by atoms with E-state index in [9.17, 15) is 4.79 Å². The van der Waals surface area contributed by atoms with Crippen LogP contribution in [0, 0.1) is 11.8 Å². The van der Waals surface area contributed by atoms with Gasteiger partial charge < -0.3 is 15.4 Å². The minimum atomic E-state index is -0.0782. The summed E-state index contributed by atoms with van der Waals surface area (Å²) < 4.78 is 5.38. The molecule has 2 aliphatic carbocycles. The van der Waals surface area contributed by atoms with Crippen LogP contribution in [0.5, 0.6) is 5.75 Å². The average molecular weight is 258 g/mol. The van der Waals surface area contributed by atoms with E-state index in [-0.39, 0.29) is 12.5 Å². The van der Waals surface area contributed by atoms with Gasteiger partial charge in [-0.15, -0.1) is 0 Å². The number of hydrogen-bond donors (Lipinski definition) is 2. The normalized spacial score (nSPS) is 21.6. The molecule has 4 rings (SSSR count). The Hall–Kier alpha value is -1.71. The summed E-state index contributed by atoms with van der Waals surface area (Å²) in [4.78, 5) is 11.3. The fourth-order valence-corrected chi connectivity index (χ4v) is 2.90. The number of carbonyl (C=O) groups excluding carboxylic acids is 1. The van der Waals surface area contributed by atoms with Crippen LogP contribution in [-0.2, 0) is 4.79 Å². The van der Waals surface area contributed by atoms with Crippen LogP contribution in [0.2, 0.25) is 0 Å². The second-order valence-corrected chi connectivity index (χ2v) is 5.89. The summed E-state index contributed by atoms with van der Waals surface area (Å²) in [6, 6.07) is 6.60. The summed E-state index contributed by atoms with van der Waals surface area (Å²) in [7, 11) is 0. The van der Waals surface area contributed by atoms with Gasteiger partial charge >= 0.3 is 0 Å². The van der Waals surface area contributed by atoms with E-state index >= 15 is 0 Å². The van der Waals surface area contributed by atoms with E-state index in [4.69, 9.17) is 4.74 Å². The minimum Gasteiger partial charge on any atom is -0.482 e. The van der Waals surface area contributed by atoms with Crippen molar-refractivity contribution in [3.8, 4) is 5.75 Å². The maximum absolute atomic E-state index is 11.3. The SMILES string of the molecule is O=C1COc2ccc(NC(C3CC3)C3CC3)cc2N1. The zero-order chi connectivity index (χ0) is 12.8. The monoisotopic (exact) mass is 258 g/mol. The Balaban J connectivity index is 1.54. The predicted molar refractivity (Wildman–Crippen MR) is 73.4 cm³/mol. The molecule has 0 saturated heterocycles. The van der Waals surface area contributed by atoms with E-state index < -0.39 is 0 Å². The third-order valence-corrected chi connectivity index (χ3v) is 4.21. The Morgan fingerprint density at radius 2 is 1.95 bits per heavy atom. The molecule has 1 amide bonds. The molecule has 1 aromatic carbocycles. The molecule has 3 aliphatic rings. The van der Waals surface area contributed by atoms with Crippen LogP contribution in [0.3, 0.4) is 0 Å². The molecule has 0 unspecified atom stereocenters. The van der Waals surface area contributed by atoms with Gasteiger partial charge in [0.1, 0.15) is 5.75 Å². The maximum Gasteiger partial charge on any atom is 0.262 e. The second kappa shape index (κ2) is 4.15. The lowest BCUT2D eigenvalue weighted by atomic mass is 10.1. The van der Waals surface area contributed by atoms with Crippen molar-refractivity contribution < 1.29 is 9.53 Å². The summed E-state index contributed by atoms with van der Waals surface area (Å²) in [6.07, 6.45) is 5.44. The van der Waals surface area contributed by atoms with E-state index in [1.165, 1.54) is 25.7 Å². The average Bonchev–Trinajstić information content (AvgIpc) is 3.28. The van der Waals surface area contributed by atoms with Gasteiger partial charge in [-0.1, -0.05) is 0 Å². The lowest BCUT2D eigenvalue weighted by molar-refractivity contribution is -0.118. The van der Waals surface area contributed by atoms with Gasteiger partial charge in [-0.25, -0.2) is 0 Å². The van der Waals surface area contributed by atoms with Crippen molar-refractivity contribution in [1.29, 1.82) is 0 Å². The van der Waals surface area contributed by atoms with E-state index in [2.05, 4.69) is 10.6 Å². The zero-order valence-corrected chi connectivity index (χ0v) is 10.8. The molecule has 2 N–H and O–H groups in total. The van der Waals surface area contributed by atoms with Gasteiger partial charge in [-0.3, -0.25) is 4.79 Å². The topological polar surface area (TPSA) is 50.4 Å². The molecule has 19 heavy (non-hydrogen) atoms. The molecule has 0 bridgehead atoms. The first kappa shape index (κ1) is 11.1. The Labute approximate surface area is 112 Å². The van der Waals surface area contributed by atoms with Crippen LogP contribution in [0.15, 0.2) is 18.2 Å². The standard InChI is InChI=1S/C15H18N2O2/c18-14-8-19-13-6-5-11(7-12(13)17-14)16-15(9-1-2-9)10-3-4-10/h5-7,9-10,15-16H,1-4,8H2,(H,17,18). The van der Waals surface area contributed by atoms with Gasteiger partial charge in [0.15, 0.2) is 6.61 Å². The highest BCUT2D eigenvalue weighted by molar-refractivity contribution is 5.96.